The van der Waals surface area contributed by atoms with Crippen LogP contribution >= 0.6 is 34.8 Å². The molecule has 4 heteroatoms. The Kier molecular flexibility index (Phi) is 5.80. The van der Waals surface area contributed by atoms with Gasteiger partial charge in [-0.3, -0.25) is 0 Å². The fraction of sp³-hybridized carbons (Fsp3) is 0.294. The summed E-state index contributed by atoms with van der Waals surface area (Å²) in [6.45, 7) is 4.25. The van der Waals surface area contributed by atoms with Crippen molar-refractivity contribution in [1.29, 1.82) is 0 Å². The van der Waals surface area contributed by atoms with Crippen LogP contribution in [0.1, 0.15) is 24.5 Å². The Morgan fingerprint density at radius 3 is 2.43 bits per heavy atom. The Morgan fingerprint density at radius 2 is 1.71 bits per heavy atom. The van der Waals surface area contributed by atoms with Crippen LogP contribution in [0.2, 0.25) is 15.1 Å². The molecule has 0 amide bonds. The maximum atomic E-state index is 6.18. The average molecular weight is 343 g/mol. The van der Waals surface area contributed by atoms with Gasteiger partial charge in [-0.2, -0.15) is 0 Å². The molecule has 1 atom stereocenters. The van der Waals surface area contributed by atoms with Gasteiger partial charge in [-0.05, 0) is 44.4 Å². The Bertz CT molecular complexity index is 625. The topological polar surface area (TPSA) is 12.0 Å². The minimum absolute atomic E-state index is 0.292. The van der Waals surface area contributed by atoms with Crippen molar-refractivity contribution in [2.75, 3.05) is 5.32 Å². The highest BCUT2D eigenvalue weighted by atomic mass is 35.5. The molecule has 1 nitrogen and oxygen atoms in total. The summed E-state index contributed by atoms with van der Waals surface area (Å²) in [4.78, 5) is 0. The van der Waals surface area contributed by atoms with Gasteiger partial charge in [0.2, 0.25) is 0 Å². The lowest BCUT2D eigenvalue weighted by Crippen LogP contribution is -2.16. The van der Waals surface area contributed by atoms with Crippen LogP contribution in [0.15, 0.2) is 36.4 Å². The highest BCUT2D eigenvalue weighted by Gasteiger charge is 2.09. The molecule has 0 aliphatic rings. The lowest BCUT2D eigenvalue weighted by Gasteiger charge is -2.17. The quantitative estimate of drug-likeness (QED) is 0.621. The molecule has 0 heterocycles. The van der Waals surface area contributed by atoms with Gasteiger partial charge in [-0.25, -0.2) is 0 Å². The first-order valence-electron chi connectivity index (χ1n) is 6.92. The maximum Gasteiger partial charge on any atom is 0.0653 e. The first kappa shape index (κ1) is 16.5. The van der Waals surface area contributed by atoms with Crippen LogP contribution in [0.4, 0.5) is 5.69 Å². The molecule has 0 saturated heterocycles. The standard InChI is InChI=1S/C17H18Cl3N/c1-11-4-3-5-13(8-11)7-6-12(2)21-17-10-15(19)14(18)9-16(17)20/h3-5,8-10,12,21H,6-7H2,1-2H3. The Labute approximate surface area is 141 Å². The largest absolute Gasteiger partial charge is 0.381 e. The van der Waals surface area contributed by atoms with Crippen molar-refractivity contribution in [3.8, 4) is 0 Å². The summed E-state index contributed by atoms with van der Waals surface area (Å²) in [7, 11) is 0. The van der Waals surface area contributed by atoms with Crippen LogP contribution in [0.3, 0.4) is 0 Å². The van der Waals surface area contributed by atoms with Gasteiger partial charge in [0.05, 0.1) is 20.8 Å². The third-order valence-electron chi connectivity index (χ3n) is 3.36. The van der Waals surface area contributed by atoms with E-state index in [0.717, 1.165) is 18.5 Å². The maximum absolute atomic E-state index is 6.18. The summed E-state index contributed by atoms with van der Waals surface area (Å²) in [5.74, 6) is 0. The van der Waals surface area contributed by atoms with E-state index >= 15 is 0 Å². The number of anilines is 1. The number of hydrogen-bond acceptors (Lipinski definition) is 1. The van der Waals surface area contributed by atoms with Crippen molar-refractivity contribution in [3.05, 3.63) is 62.6 Å². The smallest absolute Gasteiger partial charge is 0.0653 e. The average Bonchev–Trinajstić information content (AvgIpc) is 2.43. The number of rotatable bonds is 5. The summed E-state index contributed by atoms with van der Waals surface area (Å²) in [5, 5.41) is 4.96. The molecule has 0 aliphatic carbocycles. The van der Waals surface area contributed by atoms with Crippen molar-refractivity contribution in [2.45, 2.75) is 32.7 Å². The fourth-order valence-corrected chi connectivity index (χ4v) is 2.82. The Balaban J connectivity index is 1.96. The van der Waals surface area contributed by atoms with Gasteiger partial charge in [-0.15, -0.1) is 0 Å². The van der Waals surface area contributed by atoms with Gasteiger partial charge in [0.15, 0.2) is 0 Å². The molecule has 112 valence electrons. The molecule has 1 unspecified atom stereocenters. The first-order valence-corrected chi connectivity index (χ1v) is 8.05. The van der Waals surface area contributed by atoms with E-state index in [0.29, 0.717) is 21.1 Å². The van der Waals surface area contributed by atoms with Crippen molar-refractivity contribution in [1.82, 2.24) is 0 Å². The minimum atomic E-state index is 0.292. The van der Waals surface area contributed by atoms with E-state index in [9.17, 15) is 0 Å². The first-order chi connectivity index (χ1) is 9.95. The number of hydrogen-bond donors (Lipinski definition) is 1. The van der Waals surface area contributed by atoms with Crippen LogP contribution in [-0.4, -0.2) is 6.04 Å². The molecular formula is C17H18Cl3N. The summed E-state index contributed by atoms with van der Waals surface area (Å²) in [6, 6.07) is 12.3. The third-order valence-corrected chi connectivity index (χ3v) is 4.40. The van der Waals surface area contributed by atoms with Gasteiger partial charge in [0.25, 0.3) is 0 Å². The van der Waals surface area contributed by atoms with Crippen LogP contribution in [0.5, 0.6) is 0 Å². The van der Waals surface area contributed by atoms with E-state index in [4.69, 9.17) is 34.8 Å². The fourth-order valence-electron chi connectivity index (χ4n) is 2.22. The SMILES string of the molecule is Cc1cccc(CCC(C)Nc2cc(Cl)c(Cl)cc2Cl)c1. The number of benzene rings is 2. The minimum Gasteiger partial charge on any atom is -0.381 e. The number of halogens is 3. The zero-order chi connectivity index (χ0) is 15.4. The highest BCUT2D eigenvalue weighted by molar-refractivity contribution is 6.44. The van der Waals surface area contributed by atoms with E-state index in [1.165, 1.54) is 11.1 Å². The van der Waals surface area contributed by atoms with Crippen molar-refractivity contribution < 1.29 is 0 Å². The molecule has 1 N–H and O–H groups in total. The molecule has 21 heavy (non-hydrogen) atoms. The molecule has 0 saturated carbocycles. The Morgan fingerprint density at radius 1 is 1.00 bits per heavy atom. The van der Waals surface area contributed by atoms with Crippen molar-refractivity contribution in [3.63, 3.8) is 0 Å². The molecule has 2 aromatic carbocycles. The lowest BCUT2D eigenvalue weighted by atomic mass is 10.0. The van der Waals surface area contributed by atoms with E-state index in [-0.39, 0.29) is 0 Å². The van der Waals surface area contributed by atoms with Crippen LogP contribution in [0.25, 0.3) is 0 Å². The summed E-state index contributed by atoms with van der Waals surface area (Å²) in [6.07, 6.45) is 2.04. The number of nitrogens with one attached hydrogen (secondary N) is 1. The lowest BCUT2D eigenvalue weighted by molar-refractivity contribution is 0.706. The Hall–Kier alpha value is -0.890. The molecule has 0 aromatic heterocycles. The predicted octanol–water partition coefficient (Wildman–Crippen LogP) is 6.39. The highest BCUT2D eigenvalue weighted by Crippen LogP contribution is 2.32. The second-order valence-electron chi connectivity index (χ2n) is 5.32. The van der Waals surface area contributed by atoms with E-state index < -0.39 is 0 Å². The molecular weight excluding hydrogens is 325 g/mol. The summed E-state index contributed by atoms with van der Waals surface area (Å²) >= 11 is 18.1. The van der Waals surface area contributed by atoms with Gasteiger partial charge in [0.1, 0.15) is 0 Å². The molecule has 2 aromatic rings. The van der Waals surface area contributed by atoms with Crippen molar-refractivity contribution >= 4 is 40.5 Å². The second kappa shape index (κ2) is 7.40. The summed E-state index contributed by atoms with van der Waals surface area (Å²) < 4.78 is 0. The molecule has 0 spiro atoms. The van der Waals surface area contributed by atoms with Crippen molar-refractivity contribution in [2.24, 2.45) is 0 Å². The van der Waals surface area contributed by atoms with E-state index in [1.807, 2.05) is 0 Å². The van der Waals surface area contributed by atoms with E-state index in [1.54, 1.807) is 12.1 Å². The second-order valence-corrected chi connectivity index (χ2v) is 6.54. The zero-order valence-corrected chi connectivity index (χ0v) is 14.4. The predicted molar refractivity (Wildman–Crippen MR) is 94.1 cm³/mol. The molecule has 0 aliphatic heterocycles. The summed E-state index contributed by atoms with van der Waals surface area (Å²) in [5.41, 5.74) is 3.47. The number of aryl methyl sites for hydroxylation is 2. The molecule has 2 rings (SSSR count). The molecule has 0 radical (unpaired) electrons. The van der Waals surface area contributed by atoms with Gasteiger partial charge < -0.3 is 5.32 Å². The van der Waals surface area contributed by atoms with Crippen LogP contribution < -0.4 is 5.32 Å². The van der Waals surface area contributed by atoms with Gasteiger partial charge >= 0.3 is 0 Å². The van der Waals surface area contributed by atoms with Crippen LogP contribution in [-0.2, 0) is 6.42 Å². The van der Waals surface area contributed by atoms with Gasteiger partial charge in [0, 0.05) is 6.04 Å². The monoisotopic (exact) mass is 341 g/mol. The molecule has 0 fully saturated rings. The molecule has 0 bridgehead atoms. The van der Waals surface area contributed by atoms with E-state index in [2.05, 4.69) is 43.4 Å². The van der Waals surface area contributed by atoms with Gasteiger partial charge in [-0.1, -0.05) is 64.6 Å². The zero-order valence-electron chi connectivity index (χ0n) is 12.1. The normalized spacial score (nSPS) is 12.2. The van der Waals surface area contributed by atoms with Crippen LogP contribution in [0, 0.1) is 6.92 Å². The third kappa shape index (κ3) is 4.81.